The molecule has 1 aliphatic rings. The molecule has 2 aromatic rings. The zero-order valence-corrected chi connectivity index (χ0v) is 14.2. The van der Waals surface area contributed by atoms with Gasteiger partial charge in [-0.1, -0.05) is 59.7 Å². The van der Waals surface area contributed by atoms with E-state index in [1.54, 1.807) is 0 Å². The minimum atomic E-state index is -0.180. The van der Waals surface area contributed by atoms with E-state index in [0.29, 0.717) is 0 Å². The smallest absolute Gasteiger partial charge is 0.343 e. The summed E-state index contributed by atoms with van der Waals surface area (Å²) in [5, 5.41) is 0. The summed E-state index contributed by atoms with van der Waals surface area (Å²) >= 11 is 0. The van der Waals surface area contributed by atoms with E-state index in [0.717, 1.165) is 17.4 Å². The van der Waals surface area contributed by atoms with E-state index >= 15 is 0 Å². The number of carbonyl (C=O) groups excluding carboxylic acids is 1. The van der Waals surface area contributed by atoms with Gasteiger partial charge < -0.3 is 9.47 Å². The van der Waals surface area contributed by atoms with Gasteiger partial charge in [-0.2, -0.15) is 0 Å². The number of hydrogen-bond donors (Lipinski definition) is 0. The highest BCUT2D eigenvalue weighted by atomic mass is 16.7. The molecular weight excluding hydrogens is 288 g/mol. The zero-order valence-electron chi connectivity index (χ0n) is 15.2. The maximum atomic E-state index is 10.1. The number of benzene rings is 2. The molecule has 0 unspecified atom stereocenters. The van der Waals surface area contributed by atoms with E-state index in [9.17, 15) is 4.79 Å². The van der Waals surface area contributed by atoms with Gasteiger partial charge in [0, 0.05) is 11.1 Å². The third-order valence-corrected chi connectivity index (χ3v) is 3.90. The summed E-state index contributed by atoms with van der Waals surface area (Å²) in [5.41, 5.74) is 4.28. The summed E-state index contributed by atoms with van der Waals surface area (Å²) in [5.74, 6) is 0. The summed E-state index contributed by atoms with van der Waals surface area (Å²) in [4.78, 5) is 10.1. The molecular formula is C20H25O3+. The summed E-state index contributed by atoms with van der Waals surface area (Å²) in [7, 11) is 0. The predicted octanol–water partition coefficient (Wildman–Crippen LogP) is 4.74. The predicted molar refractivity (Wildman–Crippen MR) is 92.7 cm³/mol. The second-order valence-electron chi connectivity index (χ2n) is 5.95. The van der Waals surface area contributed by atoms with E-state index in [4.69, 9.17) is 9.47 Å². The molecule has 3 nitrogen and oxygen atoms in total. The second-order valence-corrected chi connectivity index (χ2v) is 5.95. The fourth-order valence-corrected chi connectivity index (χ4v) is 2.17. The van der Waals surface area contributed by atoms with E-state index in [2.05, 4.69) is 31.2 Å². The van der Waals surface area contributed by atoms with Gasteiger partial charge in [-0.3, -0.25) is 4.79 Å². The summed E-state index contributed by atoms with van der Waals surface area (Å²) in [6, 6.07) is 15.7. The van der Waals surface area contributed by atoms with Crippen LogP contribution in [0.15, 0.2) is 48.5 Å². The highest BCUT2D eigenvalue weighted by molar-refractivity contribution is 5.74. The minimum absolute atomic E-state index is 0. The lowest BCUT2D eigenvalue weighted by atomic mass is 10.1. The van der Waals surface area contributed by atoms with Crippen LogP contribution in [0.25, 0.3) is 0 Å². The number of aldehydes is 1. The van der Waals surface area contributed by atoms with Crippen LogP contribution in [0.5, 0.6) is 0 Å². The lowest BCUT2D eigenvalue weighted by molar-refractivity contribution is -0.0652. The Kier molecular flexibility index (Phi) is 6.08. The van der Waals surface area contributed by atoms with Crippen molar-refractivity contribution in [2.24, 2.45) is 0 Å². The molecule has 0 spiro atoms. The fraction of sp³-hybridized carbons (Fsp3) is 0.350. The average Bonchev–Trinajstić information content (AvgIpc) is 2.89. The molecule has 0 aliphatic carbocycles. The first-order valence-electron chi connectivity index (χ1n) is 7.89. The van der Waals surface area contributed by atoms with Crippen molar-refractivity contribution in [2.45, 2.75) is 46.2 Å². The average molecular weight is 313 g/mol. The van der Waals surface area contributed by atoms with Crippen molar-refractivity contribution >= 4 is 6.29 Å². The highest BCUT2D eigenvalue weighted by Gasteiger charge is 2.30. The molecule has 0 amide bonds. The molecule has 23 heavy (non-hydrogen) atoms. The molecule has 3 rings (SSSR count). The molecule has 0 saturated carbocycles. The first-order chi connectivity index (χ1) is 11.0. The third-order valence-electron chi connectivity index (χ3n) is 3.90. The monoisotopic (exact) mass is 313 g/mol. The lowest BCUT2D eigenvalue weighted by Gasteiger charge is -2.09. The first-order valence-corrected chi connectivity index (χ1v) is 7.89. The van der Waals surface area contributed by atoms with Crippen LogP contribution in [0.3, 0.4) is 0 Å². The van der Waals surface area contributed by atoms with Crippen LogP contribution < -0.4 is 0 Å². The number of aryl methyl sites for hydroxylation is 2. The van der Waals surface area contributed by atoms with Crippen LogP contribution in [0.2, 0.25) is 0 Å². The van der Waals surface area contributed by atoms with Crippen molar-refractivity contribution < 1.29 is 15.7 Å². The van der Waals surface area contributed by atoms with Crippen LogP contribution in [0.1, 0.15) is 48.6 Å². The largest absolute Gasteiger partial charge is 1.00 e. The molecule has 1 heterocycles. The van der Waals surface area contributed by atoms with Gasteiger partial charge in [0.15, 0.2) is 6.29 Å². The van der Waals surface area contributed by atoms with Crippen molar-refractivity contribution in [1.29, 1.82) is 0 Å². The van der Waals surface area contributed by atoms with Crippen molar-refractivity contribution in [3.8, 4) is 0 Å². The summed E-state index contributed by atoms with van der Waals surface area (Å²) in [6.07, 6.45) is 1.03. The van der Waals surface area contributed by atoms with E-state index in [1.807, 2.05) is 45.0 Å². The molecule has 0 radical (unpaired) electrons. The topological polar surface area (TPSA) is 35.5 Å². The first kappa shape index (κ1) is 17.4. The van der Waals surface area contributed by atoms with Crippen molar-refractivity contribution in [3.63, 3.8) is 0 Å². The van der Waals surface area contributed by atoms with Gasteiger partial charge in [0.2, 0.25) is 0 Å². The van der Waals surface area contributed by atoms with E-state index in [1.165, 1.54) is 11.1 Å². The summed E-state index contributed by atoms with van der Waals surface area (Å²) < 4.78 is 11.4. The van der Waals surface area contributed by atoms with Crippen LogP contribution in [-0.2, 0) is 9.47 Å². The maximum Gasteiger partial charge on any atom is 1.00 e. The minimum Gasteiger partial charge on any atom is -0.343 e. The Balaban J connectivity index is 0.000000252. The molecule has 122 valence electrons. The van der Waals surface area contributed by atoms with Crippen LogP contribution in [-0.4, -0.2) is 18.5 Å². The Morgan fingerprint density at radius 2 is 1.26 bits per heavy atom. The standard InChI is InChI=1S/C12H16O2.C8H8O/c1-8-4-6-11(7-5-8)12-13-9(2)10(3)14-12;1-7-2-4-8(6-9)5-3-7/h4-7,9-10,12H,1-3H3;2-6H,1H3/p+1/t9-,10-;/m0./s1. The van der Waals surface area contributed by atoms with Crippen molar-refractivity contribution in [1.82, 2.24) is 0 Å². The van der Waals surface area contributed by atoms with Crippen molar-refractivity contribution in [3.05, 3.63) is 70.8 Å². The van der Waals surface area contributed by atoms with Gasteiger partial charge in [0.25, 0.3) is 0 Å². The van der Waals surface area contributed by atoms with Gasteiger partial charge in [-0.05, 0) is 27.7 Å². The van der Waals surface area contributed by atoms with Crippen LogP contribution in [0, 0.1) is 13.8 Å². The molecule has 0 N–H and O–H groups in total. The molecule has 2 aromatic carbocycles. The quantitative estimate of drug-likeness (QED) is 0.751. The van der Waals surface area contributed by atoms with Crippen LogP contribution in [0.4, 0.5) is 0 Å². The van der Waals surface area contributed by atoms with Gasteiger partial charge >= 0.3 is 1.43 Å². The van der Waals surface area contributed by atoms with Gasteiger partial charge in [0.05, 0.1) is 12.2 Å². The highest BCUT2D eigenvalue weighted by Crippen LogP contribution is 2.30. The Morgan fingerprint density at radius 1 is 0.826 bits per heavy atom. The fourth-order valence-electron chi connectivity index (χ4n) is 2.17. The number of rotatable bonds is 2. The van der Waals surface area contributed by atoms with Crippen LogP contribution >= 0.6 is 0 Å². The number of ether oxygens (including phenoxy) is 2. The number of carbonyl (C=O) groups is 1. The molecule has 1 aliphatic heterocycles. The molecule has 1 fully saturated rings. The Labute approximate surface area is 139 Å². The van der Waals surface area contributed by atoms with Gasteiger partial charge in [0.1, 0.15) is 6.29 Å². The molecule has 3 heteroatoms. The third kappa shape index (κ3) is 5.02. The SMILES string of the molecule is Cc1ccc(C2O[C@@H](C)[C@H](C)O2)cc1.Cc1ccc(C=O)cc1.[H+]. The van der Waals surface area contributed by atoms with Gasteiger partial charge in [-0.25, -0.2) is 0 Å². The Hall–Kier alpha value is -1.97. The summed E-state index contributed by atoms with van der Waals surface area (Å²) in [6.45, 7) is 8.15. The normalized spacial score (nSPS) is 20.7. The second kappa shape index (κ2) is 8.04. The molecule has 0 aromatic heterocycles. The molecule has 2 atom stereocenters. The van der Waals surface area contributed by atoms with E-state index < -0.39 is 0 Å². The number of hydrogen-bond acceptors (Lipinski definition) is 3. The van der Waals surface area contributed by atoms with Gasteiger partial charge in [-0.15, -0.1) is 0 Å². The van der Waals surface area contributed by atoms with Crippen molar-refractivity contribution in [2.75, 3.05) is 0 Å². The maximum absolute atomic E-state index is 10.1. The zero-order chi connectivity index (χ0) is 16.8. The van der Waals surface area contributed by atoms with E-state index in [-0.39, 0.29) is 19.9 Å². The Bertz CT molecular complexity index is 612. The Morgan fingerprint density at radius 3 is 1.70 bits per heavy atom. The molecule has 0 bridgehead atoms. The molecule has 1 saturated heterocycles. The lowest BCUT2D eigenvalue weighted by Crippen LogP contribution is -2.13.